The Morgan fingerprint density at radius 3 is 2.54 bits per heavy atom. The molecule has 5 rings (SSSR count). The van der Waals surface area contributed by atoms with E-state index in [1.807, 2.05) is 29.3 Å². The van der Waals surface area contributed by atoms with E-state index in [-0.39, 0.29) is 11.9 Å². The molecule has 0 radical (unpaired) electrons. The lowest BCUT2D eigenvalue weighted by Gasteiger charge is -2.39. The highest BCUT2D eigenvalue weighted by Gasteiger charge is 2.32. The van der Waals surface area contributed by atoms with Crippen molar-refractivity contribution in [3.8, 4) is 23.3 Å². The van der Waals surface area contributed by atoms with Crippen LogP contribution in [0, 0.1) is 11.8 Å². The van der Waals surface area contributed by atoms with Crippen LogP contribution in [0.1, 0.15) is 23.6 Å². The molecule has 35 heavy (non-hydrogen) atoms. The van der Waals surface area contributed by atoms with E-state index in [4.69, 9.17) is 15.2 Å². The summed E-state index contributed by atoms with van der Waals surface area (Å²) in [4.78, 5) is 25.3. The number of carbonyl (C=O) groups is 1. The van der Waals surface area contributed by atoms with Gasteiger partial charge >= 0.3 is 0 Å². The first-order valence-electron chi connectivity index (χ1n) is 11.6. The predicted molar refractivity (Wildman–Crippen MR) is 133 cm³/mol. The van der Waals surface area contributed by atoms with E-state index in [1.165, 1.54) is 12.7 Å². The van der Waals surface area contributed by atoms with Crippen LogP contribution in [-0.2, 0) is 4.79 Å². The van der Waals surface area contributed by atoms with E-state index in [2.05, 4.69) is 31.3 Å². The number of carbonyl (C=O) groups excluding carboxylic acids is 1. The van der Waals surface area contributed by atoms with Crippen LogP contribution < -0.4 is 15.2 Å². The van der Waals surface area contributed by atoms with Gasteiger partial charge in [-0.2, -0.15) is 0 Å². The number of nitrogen functional groups attached to an aromatic ring is 1. The lowest BCUT2D eigenvalue weighted by Crippen LogP contribution is -2.50. The Morgan fingerprint density at radius 2 is 1.89 bits per heavy atom. The van der Waals surface area contributed by atoms with Crippen molar-refractivity contribution in [3.63, 3.8) is 0 Å². The third-order valence-corrected chi connectivity index (χ3v) is 6.47. The fraction of sp³-hybridized carbons (Fsp3) is 0.346. The summed E-state index contributed by atoms with van der Waals surface area (Å²) in [5.41, 5.74) is 8.42. The first-order chi connectivity index (χ1) is 17.1. The summed E-state index contributed by atoms with van der Waals surface area (Å²) in [5, 5.41) is 0.717. The lowest BCUT2D eigenvalue weighted by molar-refractivity contribution is -0.131. The molecule has 2 fully saturated rings. The van der Waals surface area contributed by atoms with Crippen molar-refractivity contribution in [2.75, 3.05) is 52.7 Å². The molecule has 0 bridgehead atoms. The first kappa shape index (κ1) is 22.7. The van der Waals surface area contributed by atoms with Gasteiger partial charge in [0.15, 0.2) is 0 Å². The molecular formula is C26H28N6O3. The summed E-state index contributed by atoms with van der Waals surface area (Å²) in [6.07, 6.45) is 8.29. The summed E-state index contributed by atoms with van der Waals surface area (Å²) < 4.78 is 12.7. The van der Waals surface area contributed by atoms with Gasteiger partial charge in [0.25, 0.3) is 0 Å². The van der Waals surface area contributed by atoms with Crippen LogP contribution in [0.2, 0.25) is 0 Å². The molecule has 3 aromatic rings. The molecule has 2 aliphatic rings. The van der Waals surface area contributed by atoms with E-state index < -0.39 is 0 Å². The number of likely N-dealkylation sites (tertiary alicyclic amines) is 2. The molecule has 4 heterocycles. The second-order valence-electron chi connectivity index (χ2n) is 8.71. The zero-order chi connectivity index (χ0) is 24.4. The van der Waals surface area contributed by atoms with E-state index in [0.29, 0.717) is 35.8 Å². The molecule has 0 unspecified atom stereocenters. The summed E-state index contributed by atoms with van der Waals surface area (Å²) in [6.45, 7) is 4.29. The molecule has 2 aromatic heterocycles. The van der Waals surface area contributed by atoms with Crippen molar-refractivity contribution in [1.29, 1.82) is 0 Å². The number of hydrogen-bond acceptors (Lipinski definition) is 7. The molecule has 2 saturated heterocycles. The average Bonchev–Trinajstić information content (AvgIpc) is 3.17. The van der Waals surface area contributed by atoms with Crippen LogP contribution in [0.3, 0.4) is 0 Å². The maximum Gasteiger partial charge on any atom is 0.246 e. The fourth-order valence-corrected chi connectivity index (χ4v) is 4.28. The van der Waals surface area contributed by atoms with Crippen LogP contribution in [0.5, 0.6) is 11.5 Å². The van der Waals surface area contributed by atoms with Gasteiger partial charge < -0.3 is 24.7 Å². The number of nitrogens with two attached hydrogens (primary N) is 1. The third-order valence-electron chi connectivity index (χ3n) is 6.47. The van der Waals surface area contributed by atoms with Gasteiger partial charge in [-0.3, -0.25) is 9.69 Å². The number of methoxy groups -OCH3 is 2. The van der Waals surface area contributed by atoms with Gasteiger partial charge in [0, 0.05) is 43.5 Å². The second kappa shape index (κ2) is 9.68. The van der Waals surface area contributed by atoms with E-state index in [1.54, 1.807) is 26.4 Å². The Morgan fingerprint density at radius 1 is 1.14 bits per heavy atom. The molecule has 2 N–H and O–H groups in total. The molecule has 9 nitrogen and oxygen atoms in total. The molecule has 0 aliphatic carbocycles. The Labute approximate surface area is 204 Å². The molecule has 0 spiro atoms. The number of anilines is 1. The first-order valence-corrected chi connectivity index (χ1v) is 11.6. The highest BCUT2D eigenvalue weighted by atomic mass is 16.5. The highest BCUT2D eigenvalue weighted by Crippen LogP contribution is 2.30. The normalized spacial score (nSPS) is 16.0. The molecule has 0 atom stereocenters. The van der Waals surface area contributed by atoms with Gasteiger partial charge in [0.05, 0.1) is 31.2 Å². The second-order valence-corrected chi connectivity index (χ2v) is 8.71. The summed E-state index contributed by atoms with van der Waals surface area (Å²) in [7, 11) is 3.21. The van der Waals surface area contributed by atoms with Crippen LogP contribution in [0.15, 0.2) is 42.9 Å². The predicted octanol–water partition coefficient (Wildman–Crippen LogP) is 2.08. The zero-order valence-corrected chi connectivity index (χ0v) is 19.9. The SMILES string of the molecule is COc1cc(C#Cc2cn(C3CN(C(=O)C=CCN4CCC4)C3)c3ncnc(N)c23)cc(OC)c1. The van der Waals surface area contributed by atoms with Gasteiger partial charge in [0.2, 0.25) is 5.91 Å². The van der Waals surface area contributed by atoms with Crippen molar-refractivity contribution in [2.24, 2.45) is 0 Å². The van der Waals surface area contributed by atoms with E-state index in [0.717, 1.165) is 36.4 Å². The van der Waals surface area contributed by atoms with E-state index in [9.17, 15) is 4.79 Å². The van der Waals surface area contributed by atoms with Crippen LogP contribution in [-0.4, -0.2) is 77.2 Å². The Bertz CT molecular complexity index is 1320. The van der Waals surface area contributed by atoms with Crippen molar-refractivity contribution in [3.05, 3.63) is 54.0 Å². The molecule has 1 aromatic carbocycles. The van der Waals surface area contributed by atoms with Crippen molar-refractivity contribution in [1.82, 2.24) is 24.3 Å². The molecule has 180 valence electrons. The molecule has 2 aliphatic heterocycles. The lowest BCUT2D eigenvalue weighted by atomic mass is 10.1. The largest absolute Gasteiger partial charge is 0.497 e. The standard InChI is InChI=1S/C26H28N6O3/c1-34-21-11-18(12-22(13-21)35-2)6-7-19-14-32(26-24(19)25(27)28-17-29-26)20-15-31(16-20)23(33)5-3-8-30-9-4-10-30/h3,5,11-14,17,20H,4,8-10,15-16H2,1-2H3,(H2,27,28,29). The monoisotopic (exact) mass is 472 g/mol. The molecule has 0 saturated carbocycles. The molecular weight excluding hydrogens is 444 g/mol. The number of nitrogens with zero attached hydrogens (tertiary/aromatic N) is 5. The summed E-state index contributed by atoms with van der Waals surface area (Å²) in [6, 6.07) is 5.60. The van der Waals surface area contributed by atoms with E-state index >= 15 is 0 Å². The quantitative estimate of drug-likeness (QED) is 0.433. The Kier molecular flexibility index (Phi) is 6.29. The number of hydrogen-bond donors (Lipinski definition) is 1. The van der Waals surface area contributed by atoms with Crippen LogP contribution >= 0.6 is 0 Å². The van der Waals surface area contributed by atoms with Gasteiger partial charge in [-0.1, -0.05) is 17.9 Å². The van der Waals surface area contributed by atoms with Gasteiger partial charge in [0.1, 0.15) is 29.3 Å². The number of rotatable bonds is 6. The molecule has 1 amide bonds. The van der Waals surface area contributed by atoms with Crippen molar-refractivity contribution in [2.45, 2.75) is 12.5 Å². The maximum atomic E-state index is 12.5. The number of ether oxygens (including phenoxy) is 2. The average molecular weight is 473 g/mol. The third kappa shape index (κ3) is 4.66. The number of aromatic nitrogens is 3. The van der Waals surface area contributed by atoms with Crippen molar-refractivity contribution < 1.29 is 14.3 Å². The van der Waals surface area contributed by atoms with Gasteiger partial charge in [-0.15, -0.1) is 0 Å². The topological polar surface area (TPSA) is 98.7 Å². The van der Waals surface area contributed by atoms with Crippen LogP contribution in [0.25, 0.3) is 11.0 Å². The van der Waals surface area contributed by atoms with Gasteiger partial charge in [-0.05, 0) is 31.6 Å². The maximum absolute atomic E-state index is 12.5. The zero-order valence-electron chi connectivity index (χ0n) is 19.9. The smallest absolute Gasteiger partial charge is 0.246 e. The number of amides is 1. The van der Waals surface area contributed by atoms with Crippen LogP contribution in [0.4, 0.5) is 5.82 Å². The van der Waals surface area contributed by atoms with Gasteiger partial charge in [-0.25, -0.2) is 9.97 Å². The minimum atomic E-state index is 0.0411. The highest BCUT2D eigenvalue weighted by molar-refractivity contribution is 5.93. The number of benzene rings is 1. The summed E-state index contributed by atoms with van der Waals surface area (Å²) >= 11 is 0. The number of fused-ring (bicyclic) bond motifs is 1. The minimum absolute atomic E-state index is 0.0411. The fourth-order valence-electron chi connectivity index (χ4n) is 4.28. The Balaban J connectivity index is 1.36. The molecule has 9 heteroatoms. The minimum Gasteiger partial charge on any atom is -0.497 e. The van der Waals surface area contributed by atoms with Crippen molar-refractivity contribution >= 4 is 22.8 Å². The summed E-state index contributed by atoms with van der Waals surface area (Å²) in [5.74, 6) is 8.14. The Hall–Kier alpha value is -4.03.